The molecule has 0 fully saturated rings. The van der Waals surface area contributed by atoms with Gasteiger partial charge in [0.25, 0.3) is 0 Å². The number of nitrogens with zero attached hydrogens (tertiary/aromatic N) is 3. The number of aromatic nitrogens is 2. The molecule has 2 aromatic rings. The molecule has 1 aliphatic heterocycles. The van der Waals surface area contributed by atoms with Gasteiger partial charge in [0.15, 0.2) is 0 Å². The standard InChI is InChI=1S/C15H14F3N3O2/c16-15(17,18)12-8-19-21-7-6-20(9-13(12)21)14(22)23-10-11-4-2-1-3-5-11/h1-5,8H,6-7,9-10H2. The first kappa shape index (κ1) is 15.4. The summed E-state index contributed by atoms with van der Waals surface area (Å²) in [6.45, 7) is 0.398. The SMILES string of the molecule is O=C(OCc1ccccc1)N1CCn2ncc(C(F)(F)F)c2C1. The van der Waals surface area contributed by atoms with Crippen LogP contribution in [0.25, 0.3) is 0 Å². The molecule has 0 saturated heterocycles. The smallest absolute Gasteiger partial charge is 0.419 e. The van der Waals surface area contributed by atoms with Crippen LogP contribution in [0.3, 0.4) is 0 Å². The number of fused-ring (bicyclic) bond motifs is 1. The molecule has 0 saturated carbocycles. The van der Waals surface area contributed by atoms with Crippen molar-refractivity contribution in [1.82, 2.24) is 14.7 Å². The molecule has 2 heterocycles. The third kappa shape index (κ3) is 3.30. The Balaban J connectivity index is 1.67. The van der Waals surface area contributed by atoms with Gasteiger partial charge in [-0.3, -0.25) is 4.68 Å². The summed E-state index contributed by atoms with van der Waals surface area (Å²) in [4.78, 5) is 13.3. The van der Waals surface area contributed by atoms with E-state index >= 15 is 0 Å². The Morgan fingerprint density at radius 2 is 1.96 bits per heavy atom. The van der Waals surface area contributed by atoms with Crippen LogP contribution in [-0.4, -0.2) is 27.3 Å². The summed E-state index contributed by atoms with van der Waals surface area (Å²) in [6.07, 6.45) is -4.31. The Bertz CT molecular complexity index is 698. The summed E-state index contributed by atoms with van der Waals surface area (Å²) < 4.78 is 45.2. The molecule has 0 N–H and O–H groups in total. The van der Waals surface area contributed by atoms with Crippen molar-refractivity contribution in [3.05, 3.63) is 53.3 Å². The normalized spacial score (nSPS) is 14.5. The lowest BCUT2D eigenvalue weighted by molar-refractivity contribution is -0.138. The minimum absolute atomic E-state index is 0.0135. The molecule has 8 heteroatoms. The lowest BCUT2D eigenvalue weighted by Gasteiger charge is -2.28. The monoisotopic (exact) mass is 325 g/mol. The summed E-state index contributed by atoms with van der Waals surface area (Å²) in [7, 11) is 0. The molecular formula is C15H14F3N3O2. The summed E-state index contributed by atoms with van der Waals surface area (Å²) in [5.74, 6) is 0. The molecule has 1 amide bonds. The van der Waals surface area contributed by atoms with E-state index in [2.05, 4.69) is 5.10 Å². The van der Waals surface area contributed by atoms with Crippen molar-refractivity contribution < 1.29 is 22.7 Å². The van der Waals surface area contributed by atoms with Gasteiger partial charge >= 0.3 is 12.3 Å². The first-order valence-electron chi connectivity index (χ1n) is 7.02. The number of halogens is 3. The molecule has 122 valence electrons. The predicted molar refractivity (Wildman–Crippen MR) is 74.3 cm³/mol. The second kappa shape index (κ2) is 5.94. The van der Waals surface area contributed by atoms with E-state index in [1.54, 1.807) is 12.1 Å². The van der Waals surface area contributed by atoms with Crippen molar-refractivity contribution in [2.75, 3.05) is 6.54 Å². The molecule has 0 radical (unpaired) electrons. The summed E-state index contributed by atoms with van der Waals surface area (Å²) in [5.41, 5.74) is -0.00245. The van der Waals surface area contributed by atoms with Crippen LogP contribution in [0.5, 0.6) is 0 Å². The van der Waals surface area contributed by atoms with Crippen molar-refractivity contribution in [3.63, 3.8) is 0 Å². The second-order valence-electron chi connectivity index (χ2n) is 5.19. The Morgan fingerprint density at radius 3 is 2.65 bits per heavy atom. The number of benzene rings is 1. The van der Waals surface area contributed by atoms with Crippen LogP contribution in [0.1, 0.15) is 16.8 Å². The van der Waals surface area contributed by atoms with Crippen LogP contribution in [0, 0.1) is 0 Å². The zero-order chi connectivity index (χ0) is 16.4. The summed E-state index contributed by atoms with van der Waals surface area (Å²) >= 11 is 0. The molecule has 1 aromatic carbocycles. The zero-order valence-corrected chi connectivity index (χ0v) is 12.1. The average Bonchev–Trinajstić information content (AvgIpc) is 2.96. The molecule has 1 aromatic heterocycles. The number of hydrogen-bond acceptors (Lipinski definition) is 3. The highest BCUT2D eigenvalue weighted by atomic mass is 19.4. The maximum absolute atomic E-state index is 12.9. The zero-order valence-electron chi connectivity index (χ0n) is 12.1. The van der Waals surface area contributed by atoms with Gasteiger partial charge in [-0.25, -0.2) is 4.79 Å². The summed E-state index contributed by atoms with van der Waals surface area (Å²) in [5, 5.41) is 3.73. The minimum atomic E-state index is -4.48. The van der Waals surface area contributed by atoms with E-state index in [1.165, 1.54) is 9.58 Å². The van der Waals surface area contributed by atoms with Gasteiger partial charge in [0, 0.05) is 6.54 Å². The number of rotatable bonds is 2. The molecule has 3 rings (SSSR count). The number of amides is 1. The van der Waals surface area contributed by atoms with Crippen molar-refractivity contribution in [3.8, 4) is 0 Å². The van der Waals surface area contributed by atoms with Crippen LogP contribution >= 0.6 is 0 Å². The number of hydrogen-bond donors (Lipinski definition) is 0. The van der Waals surface area contributed by atoms with Gasteiger partial charge in [0.1, 0.15) is 6.61 Å². The van der Waals surface area contributed by atoms with Crippen LogP contribution in [0.15, 0.2) is 36.5 Å². The lowest BCUT2D eigenvalue weighted by Crippen LogP contribution is -2.39. The van der Waals surface area contributed by atoms with Crippen molar-refractivity contribution >= 4 is 6.09 Å². The highest BCUT2D eigenvalue weighted by Gasteiger charge is 2.38. The Hall–Kier alpha value is -2.51. The number of alkyl halides is 3. The molecule has 0 unspecified atom stereocenters. The van der Waals surface area contributed by atoms with E-state index in [4.69, 9.17) is 4.74 Å². The number of carbonyl (C=O) groups excluding carboxylic acids is 1. The molecule has 0 bridgehead atoms. The fraction of sp³-hybridized carbons (Fsp3) is 0.333. The van der Waals surface area contributed by atoms with Gasteiger partial charge in [-0.05, 0) is 5.56 Å². The van der Waals surface area contributed by atoms with Crippen LogP contribution < -0.4 is 0 Å². The van der Waals surface area contributed by atoms with Crippen LogP contribution in [0.2, 0.25) is 0 Å². The third-order valence-corrected chi connectivity index (χ3v) is 3.64. The Labute approximate surface area is 130 Å². The molecule has 23 heavy (non-hydrogen) atoms. The minimum Gasteiger partial charge on any atom is -0.445 e. The number of carbonyl (C=O) groups is 1. The Kier molecular flexibility index (Phi) is 3.97. The fourth-order valence-corrected chi connectivity index (χ4v) is 2.45. The Morgan fingerprint density at radius 1 is 1.22 bits per heavy atom. The van der Waals surface area contributed by atoms with Gasteiger partial charge in [0.05, 0.1) is 30.5 Å². The summed E-state index contributed by atoms with van der Waals surface area (Å²) in [6, 6.07) is 9.09. The van der Waals surface area contributed by atoms with Crippen LogP contribution in [-0.2, 0) is 30.6 Å². The fourth-order valence-electron chi connectivity index (χ4n) is 2.45. The number of ether oxygens (including phenoxy) is 1. The molecule has 0 spiro atoms. The van der Waals surface area contributed by atoms with Crippen molar-refractivity contribution in [2.24, 2.45) is 0 Å². The molecule has 0 atom stereocenters. The quantitative estimate of drug-likeness (QED) is 0.852. The van der Waals surface area contributed by atoms with Gasteiger partial charge in [-0.2, -0.15) is 18.3 Å². The van der Waals surface area contributed by atoms with Crippen LogP contribution in [0.4, 0.5) is 18.0 Å². The maximum atomic E-state index is 12.9. The topological polar surface area (TPSA) is 47.4 Å². The molecule has 5 nitrogen and oxygen atoms in total. The largest absolute Gasteiger partial charge is 0.445 e. The van der Waals surface area contributed by atoms with Gasteiger partial charge < -0.3 is 9.64 Å². The molecule has 0 aliphatic carbocycles. The van der Waals surface area contributed by atoms with Gasteiger partial charge in [-0.15, -0.1) is 0 Å². The first-order valence-corrected chi connectivity index (χ1v) is 7.02. The maximum Gasteiger partial charge on any atom is 0.419 e. The predicted octanol–water partition coefficient (Wildman–Crippen LogP) is 3.05. The van der Waals surface area contributed by atoms with E-state index in [1.807, 2.05) is 18.2 Å². The van der Waals surface area contributed by atoms with E-state index in [0.717, 1.165) is 11.8 Å². The highest BCUT2D eigenvalue weighted by Crippen LogP contribution is 2.33. The van der Waals surface area contributed by atoms with Gasteiger partial charge in [0.2, 0.25) is 0 Å². The van der Waals surface area contributed by atoms with E-state index in [-0.39, 0.29) is 31.9 Å². The van der Waals surface area contributed by atoms with E-state index in [9.17, 15) is 18.0 Å². The lowest BCUT2D eigenvalue weighted by atomic mass is 10.2. The molecule has 1 aliphatic rings. The van der Waals surface area contributed by atoms with E-state index < -0.39 is 17.8 Å². The second-order valence-corrected chi connectivity index (χ2v) is 5.19. The highest BCUT2D eigenvalue weighted by molar-refractivity contribution is 5.67. The third-order valence-electron chi connectivity index (χ3n) is 3.64. The van der Waals surface area contributed by atoms with Crippen molar-refractivity contribution in [2.45, 2.75) is 25.9 Å². The van der Waals surface area contributed by atoms with Crippen molar-refractivity contribution in [1.29, 1.82) is 0 Å². The first-order chi connectivity index (χ1) is 10.9. The van der Waals surface area contributed by atoms with Gasteiger partial charge in [-0.1, -0.05) is 30.3 Å². The average molecular weight is 325 g/mol. The van der Waals surface area contributed by atoms with E-state index in [0.29, 0.717) is 0 Å². The molecular weight excluding hydrogens is 311 g/mol.